The molecule has 0 saturated carbocycles. The first kappa shape index (κ1) is 15.0. The molecule has 1 aliphatic rings. The molecule has 0 aliphatic carbocycles. The lowest BCUT2D eigenvalue weighted by Crippen LogP contribution is -2.19. The minimum atomic E-state index is -2.17. The lowest BCUT2D eigenvalue weighted by Gasteiger charge is -2.19. The van der Waals surface area contributed by atoms with Crippen molar-refractivity contribution in [3.05, 3.63) is 35.4 Å². The Morgan fingerprint density at radius 2 is 2.20 bits per heavy atom. The fourth-order valence-electron chi connectivity index (χ4n) is 2.33. The number of benzene rings is 1. The van der Waals surface area contributed by atoms with Gasteiger partial charge in [-0.2, -0.15) is 0 Å². The Hall–Kier alpha value is -1.36. The van der Waals surface area contributed by atoms with Crippen LogP contribution in [0.5, 0.6) is 0 Å². The van der Waals surface area contributed by atoms with Gasteiger partial charge in [-0.25, -0.2) is 0 Å². The molecule has 0 saturated heterocycles. The summed E-state index contributed by atoms with van der Waals surface area (Å²) in [5, 5.41) is 19.0. The second-order valence-electron chi connectivity index (χ2n) is 4.95. The Balaban J connectivity index is 2.17. The van der Waals surface area contributed by atoms with E-state index in [0.29, 0.717) is 12.8 Å². The molecule has 1 aromatic carbocycles. The fraction of sp³-hybridized carbons (Fsp3) is 0.400. The summed E-state index contributed by atoms with van der Waals surface area (Å²) in [7, 11) is 0. The standard InChI is InChI=1S/C15H18ClNO3/c1-2-10(7-8-15(16,19)20)11-3-5-13-12(9-11)4-6-14(18)17-13/h2-3,5,9,19-20H,4,6-8H2,1H3,(H,17,18). The molecule has 0 bridgehead atoms. The molecule has 1 aliphatic heterocycles. The molecule has 2 rings (SSSR count). The zero-order valence-corrected chi connectivity index (χ0v) is 12.1. The van der Waals surface area contributed by atoms with E-state index in [-0.39, 0.29) is 12.3 Å². The maximum absolute atomic E-state index is 11.3. The van der Waals surface area contributed by atoms with Crippen molar-refractivity contribution in [3.8, 4) is 0 Å². The van der Waals surface area contributed by atoms with Gasteiger partial charge in [0.15, 0.2) is 0 Å². The van der Waals surface area contributed by atoms with Gasteiger partial charge in [-0.15, -0.1) is 0 Å². The molecule has 0 atom stereocenters. The second kappa shape index (κ2) is 5.95. The van der Waals surface area contributed by atoms with Crippen LogP contribution in [0.2, 0.25) is 0 Å². The van der Waals surface area contributed by atoms with Crippen LogP contribution in [-0.4, -0.2) is 21.4 Å². The van der Waals surface area contributed by atoms with Crippen molar-refractivity contribution >= 4 is 28.8 Å². The number of halogens is 1. The molecule has 4 nitrogen and oxygen atoms in total. The molecule has 0 aromatic heterocycles. The van der Waals surface area contributed by atoms with Crippen molar-refractivity contribution in [1.29, 1.82) is 0 Å². The molecule has 5 heteroatoms. The normalized spacial score (nSPS) is 15.8. The lowest BCUT2D eigenvalue weighted by atomic mass is 9.94. The van der Waals surface area contributed by atoms with Crippen molar-refractivity contribution < 1.29 is 15.0 Å². The van der Waals surface area contributed by atoms with E-state index in [9.17, 15) is 15.0 Å². The number of aryl methyl sites for hydroxylation is 1. The third-order valence-corrected chi connectivity index (χ3v) is 3.62. The van der Waals surface area contributed by atoms with E-state index >= 15 is 0 Å². The number of carbonyl (C=O) groups is 1. The van der Waals surface area contributed by atoms with Crippen LogP contribution < -0.4 is 5.32 Å². The van der Waals surface area contributed by atoms with Crippen molar-refractivity contribution in [2.75, 3.05) is 5.32 Å². The quantitative estimate of drug-likeness (QED) is 0.591. The monoisotopic (exact) mass is 295 g/mol. The number of hydrogen-bond donors (Lipinski definition) is 3. The van der Waals surface area contributed by atoms with E-state index in [1.807, 2.05) is 31.2 Å². The van der Waals surface area contributed by atoms with Crippen LogP contribution in [0.15, 0.2) is 24.3 Å². The maximum atomic E-state index is 11.3. The van der Waals surface area contributed by atoms with Crippen molar-refractivity contribution in [2.45, 2.75) is 37.9 Å². The van der Waals surface area contributed by atoms with Crippen LogP contribution in [0.25, 0.3) is 5.57 Å². The van der Waals surface area contributed by atoms with Crippen molar-refractivity contribution in [3.63, 3.8) is 0 Å². The highest BCUT2D eigenvalue weighted by atomic mass is 35.5. The van der Waals surface area contributed by atoms with Crippen LogP contribution in [0, 0.1) is 0 Å². The molecule has 20 heavy (non-hydrogen) atoms. The summed E-state index contributed by atoms with van der Waals surface area (Å²) in [5.74, 6) is 0.0454. The summed E-state index contributed by atoms with van der Waals surface area (Å²) >= 11 is 5.39. The average molecular weight is 296 g/mol. The number of carbonyl (C=O) groups excluding carboxylic acids is 1. The number of aliphatic hydroxyl groups is 2. The van der Waals surface area contributed by atoms with E-state index in [2.05, 4.69) is 5.32 Å². The molecule has 3 N–H and O–H groups in total. The minimum absolute atomic E-state index is 0.0454. The first-order valence-corrected chi connectivity index (χ1v) is 6.99. The van der Waals surface area contributed by atoms with E-state index in [1.165, 1.54) is 0 Å². The molecule has 0 unspecified atom stereocenters. The Bertz CT molecular complexity index is 547. The van der Waals surface area contributed by atoms with Crippen molar-refractivity contribution in [1.82, 2.24) is 0 Å². The molecule has 0 radical (unpaired) electrons. The van der Waals surface area contributed by atoms with Gasteiger partial charge >= 0.3 is 0 Å². The zero-order chi connectivity index (χ0) is 14.8. The van der Waals surface area contributed by atoms with E-state index in [0.717, 1.165) is 28.8 Å². The summed E-state index contributed by atoms with van der Waals surface area (Å²) in [4.78, 5) is 11.3. The molecule has 0 fully saturated rings. The molecule has 0 spiro atoms. The third-order valence-electron chi connectivity index (χ3n) is 3.43. The van der Waals surface area contributed by atoms with Gasteiger partial charge in [0, 0.05) is 18.5 Å². The first-order valence-electron chi connectivity index (χ1n) is 6.61. The van der Waals surface area contributed by atoms with Gasteiger partial charge in [-0.1, -0.05) is 23.7 Å². The molecule has 1 aromatic rings. The van der Waals surface area contributed by atoms with E-state index in [1.54, 1.807) is 0 Å². The Morgan fingerprint density at radius 1 is 1.45 bits per heavy atom. The fourth-order valence-corrected chi connectivity index (χ4v) is 2.43. The van der Waals surface area contributed by atoms with Gasteiger partial charge in [0.2, 0.25) is 11.2 Å². The van der Waals surface area contributed by atoms with Crippen LogP contribution in [0.1, 0.15) is 37.3 Å². The second-order valence-corrected chi connectivity index (χ2v) is 5.56. The molecular formula is C15H18ClNO3. The van der Waals surface area contributed by atoms with Crippen LogP contribution >= 0.6 is 11.6 Å². The molecule has 108 valence electrons. The number of nitrogens with one attached hydrogen (secondary N) is 1. The summed E-state index contributed by atoms with van der Waals surface area (Å²) < 4.78 is 0. The van der Waals surface area contributed by atoms with Gasteiger partial charge in [-0.3, -0.25) is 4.79 Å². The Labute approximate surface area is 123 Å². The molecule has 1 heterocycles. The number of allylic oxidation sites excluding steroid dienone is 2. The number of fused-ring (bicyclic) bond motifs is 1. The average Bonchev–Trinajstić information content (AvgIpc) is 2.38. The largest absolute Gasteiger partial charge is 0.353 e. The van der Waals surface area contributed by atoms with Gasteiger partial charge in [0.1, 0.15) is 0 Å². The van der Waals surface area contributed by atoms with Crippen molar-refractivity contribution in [2.24, 2.45) is 0 Å². The highest BCUT2D eigenvalue weighted by Gasteiger charge is 2.20. The Morgan fingerprint density at radius 3 is 2.85 bits per heavy atom. The topological polar surface area (TPSA) is 69.6 Å². The number of rotatable bonds is 4. The number of alkyl halides is 1. The number of amides is 1. The smallest absolute Gasteiger partial charge is 0.243 e. The molecular weight excluding hydrogens is 278 g/mol. The summed E-state index contributed by atoms with van der Waals surface area (Å²) in [6.07, 6.45) is 3.69. The minimum Gasteiger partial charge on any atom is -0.353 e. The van der Waals surface area contributed by atoms with Gasteiger partial charge < -0.3 is 15.5 Å². The maximum Gasteiger partial charge on any atom is 0.243 e. The zero-order valence-electron chi connectivity index (χ0n) is 11.3. The first-order chi connectivity index (χ1) is 9.39. The predicted molar refractivity (Wildman–Crippen MR) is 79.3 cm³/mol. The lowest BCUT2D eigenvalue weighted by molar-refractivity contribution is -0.116. The van der Waals surface area contributed by atoms with Crippen LogP contribution in [0.4, 0.5) is 5.69 Å². The highest BCUT2D eigenvalue weighted by molar-refractivity contribution is 6.21. The summed E-state index contributed by atoms with van der Waals surface area (Å²) in [5.41, 5.74) is 3.98. The van der Waals surface area contributed by atoms with Gasteiger partial charge in [0.25, 0.3) is 0 Å². The Kier molecular flexibility index (Phi) is 4.48. The van der Waals surface area contributed by atoms with Gasteiger partial charge in [-0.05, 0) is 48.6 Å². The third kappa shape index (κ3) is 3.82. The van der Waals surface area contributed by atoms with Crippen LogP contribution in [0.3, 0.4) is 0 Å². The summed E-state index contributed by atoms with van der Waals surface area (Å²) in [6, 6.07) is 5.84. The SMILES string of the molecule is CC=C(CCC(O)(O)Cl)c1ccc2c(c1)CCC(=O)N2. The molecule has 1 amide bonds. The van der Waals surface area contributed by atoms with E-state index in [4.69, 9.17) is 11.6 Å². The van der Waals surface area contributed by atoms with Crippen LogP contribution in [-0.2, 0) is 11.2 Å². The number of hydrogen-bond acceptors (Lipinski definition) is 3. The summed E-state index contributed by atoms with van der Waals surface area (Å²) in [6.45, 7) is 1.90. The number of anilines is 1. The predicted octanol–water partition coefficient (Wildman–Crippen LogP) is 2.63. The van der Waals surface area contributed by atoms with E-state index < -0.39 is 5.25 Å². The highest BCUT2D eigenvalue weighted by Crippen LogP contribution is 2.30. The van der Waals surface area contributed by atoms with Gasteiger partial charge in [0.05, 0.1) is 0 Å².